The van der Waals surface area contributed by atoms with Crippen LogP contribution in [0, 0.1) is 18.3 Å². The number of aliphatic hydroxyl groups excluding tert-OH is 1. The maximum atomic E-state index is 9.33. The van der Waals surface area contributed by atoms with Crippen molar-refractivity contribution >= 4 is 0 Å². The van der Waals surface area contributed by atoms with Gasteiger partial charge in [-0.3, -0.25) is 4.90 Å². The molecule has 0 bridgehead atoms. The highest BCUT2D eigenvalue weighted by Crippen LogP contribution is 2.19. The molecular weight excluding hydrogens is 252 g/mol. The van der Waals surface area contributed by atoms with Gasteiger partial charge in [0.05, 0.1) is 29.2 Å². The van der Waals surface area contributed by atoms with Gasteiger partial charge < -0.3 is 5.11 Å². The lowest BCUT2D eigenvalue weighted by atomic mass is 10.2. The minimum atomic E-state index is 0.0941. The number of hydrogen-bond donors (Lipinski definition) is 1. The molecule has 5 heteroatoms. The van der Waals surface area contributed by atoms with Gasteiger partial charge >= 0.3 is 0 Å². The van der Waals surface area contributed by atoms with E-state index in [0.717, 1.165) is 17.1 Å². The van der Waals surface area contributed by atoms with Crippen LogP contribution in [0.4, 0.5) is 0 Å². The Hall–Kier alpha value is -2.16. The summed E-state index contributed by atoms with van der Waals surface area (Å²) in [7, 11) is 1.91. The van der Waals surface area contributed by atoms with Crippen LogP contribution in [0.25, 0.3) is 5.69 Å². The van der Waals surface area contributed by atoms with Gasteiger partial charge in [-0.05, 0) is 26.1 Å². The summed E-state index contributed by atoms with van der Waals surface area (Å²) in [5.74, 6) is 0. The van der Waals surface area contributed by atoms with Gasteiger partial charge in [0.1, 0.15) is 6.07 Å². The first kappa shape index (κ1) is 14.3. The van der Waals surface area contributed by atoms with Gasteiger partial charge in [0.25, 0.3) is 0 Å². The number of rotatable bonds is 5. The van der Waals surface area contributed by atoms with E-state index in [-0.39, 0.29) is 6.61 Å². The van der Waals surface area contributed by atoms with E-state index >= 15 is 0 Å². The molecule has 0 unspecified atom stereocenters. The zero-order valence-electron chi connectivity index (χ0n) is 11.7. The van der Waals surface area contributed by atoms with Crippen molar-refractivity contribution in [1.82, 2.24) is 14.7 Å². The molecule has 2 aromatic rings. The van der Waals surface area contributed by atoms with Crippen LogP contribution < -0.4 is 0 Å². The molecule has 0 aliphatic heterocycles. The molecule has 0 saturated carbocycles. The fraction of sp³-hybridized carbons (Fsp3) is 0.333. The van der Waals surface area contributed by atoms with Gasteiger partial charge in [-0.15, -0.1) is 0 Å². The number of aromatic nitrogens is 2. The maximum absolute atomic E-state index is 9.33. The van der Waals surface area contributed by atoms with E-state index < -0.39 is 0 Å². The zero-order chi connectivity index (χ0) is 14.5. The first-order valence-corrected chi connectivity index (χ1v) is 6.50. The second-order valence-corrected chi connectivity index (χ2v) is 4.73. The maximum Gasteiger partial charge on any atom is 0.103 e. The van der Waals surface area contributed by atoms with Crippen LogP contribution in [0.5, 0.6) is 0 Å². The summed E-state index contributed by atoms with van der Waals surface area (Å²) in [5.41, 5.74) is 3.12. The van der Waals surface area contributed by atoms with E-state index in [4.69, 9.17) is 5.11 Å². The Morgan fingerprint density at radius 3 is 2.65 bits per heavy atom. The average Bonchev–Trinajstić information content (AvgIpc) is 2.76. The monoisotopic (exact) mass is 270 g/mol. The van der Waals surface area contributed by atoms with Crippen molar-refractivity contribution in [2.45, 2.75) is 13.5 Å². The number of nitrogens with zero attached hydrogens (tertiary/aromatic N) is 4. The summed E-state index contributed by atoms with van der Waals surface area (Å²) in [6, 6.07) is 12.0. The van der Waals surface area contributed by atoms with Crippen molar-refractivity contribution < 1.29 is 5.11 Å². The third-order valence-electron chi connectivity index (χ3n) is 3.17. The van der Waals surface area contributed by atoms with Crippen molar-refractivity contribution in [1.29, 1.82) is 5.26 Å². The topological polar surface area (TPSA) is 65.1 Å². The van der Waals surface area contributed by atoms with Crippen LogP contribution in [0.1, 0.15) is 17.0 Å². The number of nitriles is 1. The quantitative estimate of drug-likeness (QED) is 0.893. The number of benzene rings is 1. The van der Waals surface area contributed by atoms with Gasteiger partial charge in [-0.1, -0.05) is 18.2 Å². The number of hydrogen-bond acceptors (Lipinski definition) is 4. The summed E-state index contributed by atoms with van der Waals surface area (Å²) in [4.78, 5) is 1.97. The fourth-order valence-corrected chi connectivity index (χ4v) is 2.15. The van der Waals surface area contributed by atoms with E-state index in [1.54, 1.807) is 0 Å². The zero-order valence-corrected chi connectivity index (χ0v) is 11.7. The summed E-state index contributed by atoms with van der Waals surface area (Å²) in [6.45, 7) is 3.06. The predicted octanol–water partition coefficient (Wildman–Crippen LogP) is 1.48. The van der Waals surface area contributed by atoms with Crippen molar-refractivity contribution in [2.24, 2.45) is 0 Å². The first-order chi connectivity index (χ1) is 9.67. The molecule has 0 saturated heterocycles. The Morgan fingerprint density at radius 2 is 2.05 bits per heavy atom. The Labute approximate surface area is 118 Å². The van der Waals surface area contributed by atoms with Crippen molar-refractivity contribution in [3.63, 3.8) is 0 Å². The van der Waals surface area contributed by atoms with Gasteiger partial charge in [-0.2, -0.15) is 10.4 Å². The van der Waals surface area contributed by atoms with E-state index in [9.17, 15) is 5.26 Å². The first-order valence-electron chi connectivity index (χ1n) is 6.50. The molecule has 0 radical (unpaired) electrons. The molecule has 0 aliphatic rings. The van der Waals surface area contributed by atoms with Crippen LogP contribution in [0.15, 0.2) is 30.3 Å². The molecular formula is C15H18N4O. The lowest BCUT2D eigenvalue weighted by Crippen LogP contribution is -2.23. The second-order valence-electron chi connectivity index (χ2n) is 4.73. The normalized spacial score (nSPS) is 10.8. The largest absolute Gasteiger partial charge is 0.395 e. The summed E-state index contributed by atoms with van der Waals surface area (Å²) in [6.07, 6.45) is 0. The number of para-hydroxylation sites is 1. The average molecular weight is 270 g/mol. The lowest BCUT2D eigenvalue weighted by molar-refractivity contribution is 0.215. The van der Waals surface area contributed by atoms with E-state index in [1.165, 1.54) is 0 Å². The highest BCUT2D eigenvalue weighted by molar-refractivity contribution is 5.43. The molecule has 0 fully saturated rings. The summed E-state index contributed by atoms with van der Waals surface area (Å²) in [5, 5.41) is 22.8. The van der Waals surface area contributed by atoms with E-state index in [0.29, 0.717) is 18.7 Å². The number of likely N-dealkylation sites (N-methyl/N-ethyl adjacent to an activating group) is 1. The molecule has 0 aliphatic carbocycles. The highest BCUT2D eigenvalue weighted by Gasteiger charge is 2.17. The molecule has 5 nitrogen and oxygen atoms in total. The smallest absolute Gasteiger partial charge is 0.103 e. The Kier molecular flexibility index (Phi) is 4.51. The molecule has 0 spiro atoms. The molecule has 0 atom stereocenters. The molecule has 0 amide bonds. The highest BCUT2D eigenvalue weighted by atomic mass is 16.3. The van der Waals surface area contributed by atoms with Crippen LogP contribution >= 0.6 is 0 Å². The third-order valence-corrected chi connectivity index (χ3v) is 3.17. The summed E-state index contributed by atoms with van der Waals surface area (Å²) >= 11 is 0. The van der Waals surface area contributed by atoms with E-state index in [1.807, 2.05) is 53.9 Å². The van der Waals surface area contributed by atoms with Crippen LogP contribution in [-0.2, 0) is 6.54 Å². The van der Waals surface area contributed by atoms with Gasteiger partial charge in [0.15, 0.2) is 0 Å². The van der Waals surface area contributed by atoms with Gasteiger partial charge in [0.2, 0.25) is 0 Å². The number of aliphatic hydroxyl groups is 1. The predicted molar refractivity (Wildman–Crippen MR) is 76.4 cm³/mol. The summed E-state index contributed by atoms with van der Waals surface area (Å²) < 4.78 is 1.81. The van der Waals surface area contributed by atoms with Crippen LogP contribution in [0.3, 0.4) is 0 Å². The minimum Gasteiger partial charge on any atom is -0.395 e. The molecule has 1 aromatic carbocycles. The minimum absolute atomic E-state index is 0.0941. The van der Waals surface area contributed by atoms with Crippen LogP contribution in [-0.4, -0.2) is 40.0 Å². The standard InChI is InChI=1S/C15H18N4O/c1-12-14(10-16)15(11-18(2)8-9-20)19(17-12)13-6-4-3-5-7-13/h3-7,20H,8-9,11H2,1-2H3. The second kappa shape index (κ2) is 6.33. The fourth-order valence-electron chi connectivity index (χ4n) is 2.15. The van der Waals surface area contributed by atoms with Crippen molar-refractivity contribution in [3.8, 4) is 11.8 Å². The Balaban J connectivity index is 2.45. The Morgan fingerprint density at radius 1 is 1.35 bits per heavy atom. The molecule has 1 heterocycles. The number of aryl methyl sites for hydroxylation is 1. The molecule has 104 valence electrons. The van der Waals surface area contributed by atoms with Crippen molar-refractivity contribution in [3.05, 3.63) is 47.3 Å². The van der Waals surface area contributed by atoms with Gasteiger partial charge in [0, 0.05) is 13.1 Å². The van der Waals surface area contributed by atoms with Gasteiger partial charge in [-0.25, -0.2) is 4.68 Å². The van der Waals surface area contributed by atoms with E-state index in [2.05, 4.69) is 11.2 Å². The Bertz CT molecular complexity index is 613. The van der Waals surface area contributed by atoms with Crippen LogP contribution in [0.2, 0.25) is 0 Å². The van der Waals surface area contributed by atoms with Crippen molar-refractivity contribution in [2.75, 3.05) is 20.2 Å². The lowest BCUT2D eigenvalue weighted by Gasteiger charge is -2.16. The third kappa shape index (κ3) is 2.87. The molecule has 20 heavy (non-hydrogen) atoms. The SMILES string of the molecule is Cc1nn(-c2ccccc2)c(CN(C)CCO)c1C#N. The molecule has 1 aromatic heterocycles. The molecule has 1 N–H and O–H groups in total. The molecule has 2 rings (SSSR count).